The van der Waals surface area contributed by atoms with Gasteiger partial charge >= 0.3 is 0 Å². The van der Waals surface area contributed by atoms with E-state index in [1.165, 1.54) is 11.3 Å². The molecule has 1 aromatic heterocycles. The van der Waals surface area contributed by atoms with E-state index in [1.54, 1.807) is 11.4 Å². The van der Waals surface area contributed by atoms with Gasteiger partial charge in [-0.05, 0) is 49.4 Å². The van der Waals surface area contributed by atoms with Crippen molar-refractivity contribution in [1.29, 1.82) is 0 Å². The minimum absolute atomic E-state index is 0.00954. The average molecular weight is 397 g/mol. The maximum atomic E-state index is 13.5. The molecule has 0 aliphatic heterocycles. The van der Waals surface area contributed by atoms with E-state index >= 15 is 0 Å². The minimum atomic E-state index is -0.704. The number of thiophene rings is 1. The lowest BCUT2D eigenvalue weighted by Crippen LogP contribution is -2.12. The maximum absolute atomic E-state index is 13.5. The van der Waals surface area contributed by atoms with E-state index in [2.05, 4.69) is 37.2 Å². The van der Waals surface area contributed by atoms with Crippen molar-refractivity contribution in [2.24, 2.45) is 0 Å². The second-order valence-electron chi connectivity index (χ2n) is 3.30. The van der Waals surface area contributed by atoms with Gasteiger partial charge in [0, 0.05) is 10.5 Å². The lowest BCUT2D eigenvalue weighted by atomic mass is 10.3. The molecule has 0 saturated carbocycles. The van der Waals surface area contributed by atoms with Gasteiger partial charge in [-0.15, -0.1) is 11.3 Å². The molecule has 0 saturated heterocycles. The van der Waals surface area contributed by atoms with Crippen molar-refractivity contribution in [3.05, 3.63) is 49.0 Å². The van der Waals surface area contributed by atoms with Gasteiger partial charge in [0.1, 0.15) is 16.5 Å². The summed E-state index contributed by atoms with van der Waals surface area (Å²) in [6.45, 7) is 0. The fourth-order valence-electron chi connectivity index (χ4n) is 1.25. The van der Waals surface area contributed by atoms with Gasteiger partial charge in [-0.2, -0.15) is 0 Å². The Labute approximate surface area is 122 Å². The lowest BCUT2D eigenvalue weighted by molar-refractivity contribution is 0.102. The maximum Gasteiger partial charge on any atom is 0.266 e. The Kier molecular flexibility index (Phi) is 4.14. The summed E-state index contributed by atoms with van der Waals surface area (Å²) >= 11 is 7.27. The number of carbonyl (C=O) groups is 1. The first kappa shape index (κ1) is 13.6. The molecule has 0 unspecified atom stereocenters. The number of amides is 1. The third kappa shape index (κ3) is 2.78. The van der Waals surface area contributed by atoms with E-state index in [1.807, 2.05) is 0 Å². The monoisotopic (exact) mass is 395 g/mol. The van der Waals surface area contributed by atoms with Gasteiger partial charge in [-0.1, -0.05) is 0 Å². The Morgan fingerprint density at radius 1 is 1.17 bits per heavy atom. The van der Waals surface area contributed by atoms with Crippen LogP contribution in [-0.4, -0.2) is 5.91 Å². The zero-order chi connectivity index (χ0) is 13.3. The lowest BCUT2D eigenvalue weighted by Gasteiger charge is -2.06. The molecule has 0 aliphatic rings. The molecule has 18 heavy (non-hydrogen) atoms. The van der Waals surface area contributed by atoms with Gasteiger partial charge in [-0.3, -0.25) is 4.79 Å². The average Bonchev–Trinajstić information content (AvgIpc) is 2.72. The van der Waals surface area contributed by atoms with Crippen LogP contribution in [0.25, 0.3) is 0 Å². The van der Waals surface area contributed by atoms with E-state index < -0.39 is 17.5 Å². The number of hydrogen-bond acceptors (Lipinski definition) is 2. The standard InChI is InChI=1S/C11H5Br2F2NOS/c12-5-1-2-18-10(5)11(17)16-9-4-7(14)6(13)3-8(9)15/h1-4H,(H,16,17). The largest absolute Gasteiger partial charge is 0.319 e. The molecule has 0 atom stereocenters. The number of carbonyl (C=O) groups excluding carboxylic acids is 1. The van der Waals surface area contributed by atoms with Crippen LogP contribution < -0.4 is 5.32 Å². The summed E-state index contributed by atoms with van der Waals surface area (Å²) in [4.78, 5) is 12.2. The highest BCUT2D eigenvalue weighted by molar-refractivity contribution is 9.10. The van der Waals surface area contributed by atoms with Gasteiger partial charge in [0.2, 0.25) is 0 Å². The molecule has 1 amide bonds. The number of benzene rings is 1. The smallest absolute Gasteiger partial charge is 0.266 e. The van der Waals surface area contributed by atoms with Gasteiger partial charge in [0.25, 0.3) is 5.91 Å². The van der Waals surface area contributed by atoms with E-state index in [4.69, 9.17) is 0 Å². The summed E-state index contributed by atoms with van der Waals surface area (Å²) in [6, 6.07) is 3.60. The van der Waals surface area contributed by atoms with Crippen molar-refractivity contribution < 1.29 is 13.6 Å². The van der Waals surface area contributed by atoms with Crippen molar-refractivity contribution in [2.45, 2.75) is 0 Å². The molecule has 1 N–H and O–H groups in total. The molecule has 0 aliphatic carbocycles. The minimum Gasteiger partial charge on any atom is -0.319 e. The number of hydrogen-bond donors (Lipinski definition) is 1. The summed E-state index contributed by atoms with van der Waals surface area (Å²) in [6.07, 6.45) is 0. The van der Waals surface area contributed by atoms with Gasteiger partial charge in [0.15, 0.2) is 0 Å². The molecule has 0 radical (unpaired) electrons. The molecule has 1 heterocycles. The van der Waals surface area contributed by atoms with Crippen LogP contribution in [-0.2, 0) is 0 Å². The Morgan fingerprint density at radius 3 is 2.50 bits per heavy atom. The molecule has 0 fully saturated rings. The predicted molar refractivity (Wildman–Crippen MR) is 74.0 cm³/mol. The van der Waals surface area contributed by atoms with Gasteiger partial charge in [0.05, 0.1) is 10.2 Å². The highest BCUT2D eigenvalue weighted by Gasteiger charge is 2.15. The van der Waals surface area contributed by atoms with Crippen molar-refractivity contribution in [3.8, 4) is 0 Å². The van der Waals surface area contributed by atoms with Crippen LogP contribution in [0.15, 0.2) is 32.5 Å². The summed E-state index contributed by atoms with van der Waals surface area (Å²) in [5.41, 5.74) is -0.194. The number of halogens is 4. The van der Waals surface area contributed by atoms with Crippen LogP contribution in [0.1, 0.15) is 9.67 Å². The van der Waals surface area contributed by atoms with Crippen molar-refractivity contribution in [3.63, 3.8) is 0 Å². The van der Waals surface area contributed by atoms with Crippen molar-refractivity contribution in [2.75, 3.05) is 5.32 Å². The number of anilines is 1. The van der Waals surface area contributed by atoms with E-state index in [0.717, 1.165) is 12.1 Å². The van der Waals surface area contributed by atoms with Crippen LogP contribution in [0.2, 0.25) is 0 Å². The second kappa shape index (κ2) is 5.46. The van der Waals surface area contributed by atoms with Gasteiger partial charge in [-0.25, -0.2) is 8.78 Å². The van der Waals surface area contributed by atoms with Crippen LogP contribution in [0, 0.1) is 11.6 Å². The Hall–Kier alpha value is -0.790. The zero-order valence-electron chi connectivity index (χ0n) is 8.64. The van der Waals surface area contributed by atoms with Gasteiger partial charge < -0.3 is 5.32 Å². The zero-order valence-corrected chi connectivity index (χ0v) is 12.6. The topological polar surface area (TPSA) is 29.1 Å². The molecule has 7 heteroatoms. The fourth-order valence-corrected chi connectivity index (χ4v) is 3.02. The van der Waals surface area contributed by atoms with Crippen LogP contribution in [0.3, 0.4) is 0 Å². The van der Waals surface area contributed by atoms with E-state index in [0.29, 0.717) is 9.35 Å². The SMILES string of the molecule is O=C(Nc1cc(F)c(Br)cc1F)c1sccc1Br. The molecule has 0 spiro atoms. The summed E-state index contributed by atoms with van der Waals surface area (Å²) < 4.78 is 27.4. The first-order chi connectivity index (χ1) is 8.49. The Morgan fingerprint density at radius 2 is 1.89 bits per heavy atom. The molecule has 2 rings (SSSR count). The molecular weight excluding hydrogens is 392 g/mol. The van der Waals surface area contributed by atoms with E-state index in [9.17, 15) is 13.6 Å². The molecule has 0 bridgehead atoms. The third-order valence-electron chi connectivity index (χ3n) is 2.08. The van der Waals surface area contributed by atoms with Crippen LogP contribution >= 0.6 is 43.2 Å². The Balaban J connectivity index is 2.28. The molecule has 2 aromatic rings. The predicted octanol–water partition coefficient (Wildman–Crippen LogP) is 4.80. The second-order valence-corrected chi connectivity index (χ2v) is 5.92. The number of rotatable bonds is 2. The molecule has 1 aromatic carbocycles. The molecule has 94 valence electrons. The quantitative estimate of drug-likeness (QED) is 0.725. The first-order valence-corrected chi connectivity index (χ1v) is 7.14. The fraction of sp³-hybridized carbons (Fsp3) is 0. The van der Waals surface area contributed by atoms with Crippen LogP contribution in [0.5, 0.6) is 0 Å². The molecule has 2 nitrogen and oxygen atoms in total. The first-order valence-electron chi connectivity index (χ1n) is 4.68. The summed E-state index contributed by atoms with van der Waals surface area (Å²) in [7, 11) is 0. The number of nitrogens with one attached hydrogen (secondary N) is 1. The summed E-state index contributed by atoms with van der Waals surface area (Å²) in [5.74, 6) is -1.83. The van der Waals surface area contributed by atoms with Crippen LogP contribution in [0.4, 0.5) is 14.5 Å². The van der Waals surface area contributed by atoms with Crippen molar-refractivity contribution >= 4 is 54.8 Å². The highest BCUT2D eigenvalue weighted by atomic mass is 79.9. The Bertz CT molecular complexity index is 615. The van der Waals surface area contributed by atoms with Crippen molar-refractivity contribution in [1.82, 2.24) is 0 Å². The normalized spacial score (nSPS) is 10.4. The molecular formula is C11H5Br2F2NOS. The summed E-state index contributed by atoms with van der Waals surface area (Å²) in [5, 5.41) is 4.05. The third-order valence-corrected chi connectivity index (χ3v) is 4.53. The highest BCUT2D eigenvalue weighted by Crippen LogP contribution is 2.26. The van der Waals surface area contributed by atoms with E-state index in [-0.39, 0.29) is 10.2 Å².